The lowest BCUT2D eigenvalue weighted by molar-refractivity contribution is -0.134. The van der Waals surface area contributed by atoms with Crippen LogP contribution in [0.2, 0.25) is 0 Å². The highest BCUT2D eigenvalue weighted by atomic mass is 16.2. The van der Waals surface area contributed by atoms with Crippen LogP contribution >= 0.6 is 0 Å². The summed E-state index contributed by atoms with van der Waals surface area (Å²) in [6.45, 7) is 3.04. The lowest BCUT2D eigenvalue weighted by atomic mass is 10.1. The van der Waals surface area contributed by atoms with Gasteiger partial charge in [0.05, 0.1) is 6.04 Å². The van der Waals surface area contributed by atoms with Crippen LogP contribution in [0.1, 0.15) is 96.8 Å². The number of hydrogen-bond donors (Lipinski definition) is 0. The fourth-order valence-corrected chi connectivity index (χ4v) is 3.33. The number of amides is 1. The molecule has 0 spiro atoms. The molecule has 0 aliphatic carbocycles. The van der Waals surface area contributed by atoms with E-state index in [1.165, 1.54) is 57.8 Å². The summed E-state index contributed by atoms with van der Waals surface area (Å²) in [6.07, 6.45) is 17.7. The van der Waals surface area contributed by atoms with Gasteiger partial charge in [-0.3, -0.25) is 4.79 Å². The van der Waals surface area contributed by atoms with Crippen LogP contribution in [0.15, 0.2) is 0 Å². The van der Waals surface area contributed by atoms with Crippen molar-refractivity contribution in [3.05, 3.63) is 0 Å². The Morgan fingerprint density at radius 2 is 1.50 bits per heavy atom. The van der Waals surface area contributed by atoms with Gasteiger partial charge < -0.3 is 9.69 Å². The second kappa shape index (κ2) is 12.7. The van der Waals surface area contributed by atoms with Crippen LogP contribution in [-0.4, -0.2) is 29.7 Å². The van der Waals surface area contributed by atoms with E-state index in [0.29, 0.717) is 6.42 Å². The van der Waals surface area contributed by atoms with Crippen LogP contribution < -0.4 is 0 Å². The first-order valence-electron chi connectivity index (χ1n) is 9.54. The summed E-state index contributed by atoms with van der Waals surface area (Å²) >= 11 is 0. The van der Waals surface area contributed by atoms with Gasteiger partial charge in [0.25, 0.3) is 0 Å². The molecular weight excluding hydrogens is 274 g/mol. The van der Waals surface area contributed by atoms with Gasteiger partial charge in [0.2, 0.25) is 5.91 Å². The standard InChI is InChI=1S/C19H35NO2/c1-2-3-4-5-6-7-8-9-10-11-12-15-19(22)20-16-13-14-18(20)17-21/h17-18H,2-16H2,1H3. The molecule has 1 unspecified atom stereocenters. The average Bonchev–Trinajstić information content (AvgIpc) is 3.01. The molecule has 22 heavy (non-hydrogen) atoms. The third-order valence-electron chi connectivity index (χ3n) is 4.77. The number of carbonyl (C=O) groups excluding carboxylic acids is 2. The summed E-state index contributed by atoms with van der Waals surface area (Å²) < 4.78 is 0. The monoisotopic (exact) mass is 309 g/mol. The zero-order valence-electron chi connectivity index (χ0n) is 14.5. The number of aldehydes is 1. The Morgan fingerprint density at radius 3 is 2.05 bits per heavy atom. The smallest absolute Gasteiger partial charge is 0.223 e. The maximum atomic E-state index is 12.0. The van der Waals surface area contributed by atoms with Crippen molar-refractivity contribution in [3.63, 3.8) is 0 Å². The predicted octanol–water partition coefficient (Wildman–Crippen LogP) is 4.88. The molecule has 1 fully saturated rings. The van der Waals surface area contributed by atoms with Gasteiger partial charge in [-0.1, -0.05) is 71.1 Å². The normalized spacial score (nSPS) is 17.9. The second-order valence-corrected chi connectivity index (χ2v) is 6.72. The number of likely N-dealkylation sites (tertiary alicyclic amines) is 1. The van der Waals surface area contributed by atoms with E-state index in [1.54, 1.807) is 4.90 Å². The van der Waals surface area contributed by atoms with Crippen LogP contribution in [0.4, 0.5) is 0 Å². The Bertz CT molecular complexity index is 304. The van der Waals surface area contributed by atoms with Crippen molar-refractivity contribution < 1.29 is 9.59 Å². The first-order valence-corrected chi connectivity index (χ1v) is 9.54. The molecule has 0 aromatic carbocycles. The summed E-state index contributed by atoms with van der Waals surface area (Å²) in [7, 11) is 0. The summed E-state index contributed by atoms with van der Waals surface area (Å²) in [5.74, 6) is 0.186. The van der Waals surface area contributed by atoms with Crippen LogP contribution in [-0.2, 0) is 9.59 Å². The summed E-state index contributed by atoms with van der Waals surface area (Å²) in [5, 5.41) is 0. The molecule has 0 N–H and O–H groups in total. The van der Waals surface area contributed by atoms with E-state index in [4.69, 9.17) is 0 Å². The first kappa shape index (κ1) is 19.2. The largest absolute Gasteiger partial charge is 0.333 e. The third kappa shape index (κ3) is 7.95. The highest BCUT2D eigenvalue weighted by Crippen LogP contribution is 2.18. The topological polar surface area (TPSA) is 37.4 Å². The van der Waals surface area contributed by atoms with Crippen molar-refractivity contribution in [1.29, 1.82) is 0 Å². The Kier molecular flexibility index (Phi) is 11.0. The van der Waals surface area contributed by atoms with E-state index in [9.17, 15) is 9.59 Å². The molecule has 3 heteroatoms. The van der Waals surface area contributed by atoms with Gasteiger partial charge in [0.15, 0.2) is 0 Å². The molecule has 1 atom stereocenters. The number of unbranched alkanes of at least 4 members (excludes halogenated alkanes) is 10. The molecule has 128 valence electrons. The fraction of sp³-hybridized carbons (Fsp3) is 0.895. The van der Waals surface area contributed by atoms with Gasteiger partial charge >= 0.3 is 0 Å². The maximum Gasteiger partial charge on any atom is 0.223 e. The van der Waals surface area contributed by atoms with E-state index in [1.807, 2.05) is 0 Å². The van der Waals surface area contributed by atoms with Gasteiger partial charge in [-0.2, -0.15) is 0 Å². The van der Waals surface area contributed by atoms with Crippen LogP contribution in [0.3, 0.4) is 0 Å². The number of nitrogens with zero attached hydrogens (tertiary/aromatic N) is 1. The van der Waals surface area contributed by atoms with E-state index in [0.717, 1.165) is 38.5 Å². The van der Waals surface area contributed by atoms with Crippen molar-refractivity contribution in [2.75, 3.05) is 6.54 Å². The van der Waals surface area contributed by atoms with E-state index >= 15 is 0 Å². The molecule has 1 heterocycles. The van der Waals surface area contributed by atoms with Crippen molar-refractivity contribution >= 4 is 12.2 Å². The minimum atomic E-state index is -0.139. The molecular formula is C19H35NO2. The van der Waals surface area contributed by atoms with E-state index in [-0.39, 0.29) is 11.9 Å². The molecule has 1 aliphatic rings. The molecule has 0 radical (unpaired) electrons. The minimum Gasteiger partial charge on any atom is -0.333 e. The minimum absolute atomic E-state index is 0.139. The third-order valence-corrected chi connectivity index (χ3v) is 4.77. The lowest BCUT2D eigenvalue weighted by Gasteiger charge is -2.20. The maximum absolute atomic E-state index is 12.0. The van der Waals surface area contributed by atoms with Crippen LogP contribution in [0.5, 0.6) is 0 Å². The molecule has 1 amide bonds. The first-order chi connectivity index (χ1) is 10.8. The Balaban J connectivity index is 1.89. The zero-order chi connectivity index (χ0) is 16.0. The van der Waals surface area contributed by atoms with Crippen molar-refractivity contribution in [3.8, 4) is 0 Å². The van der Waals surface area contributed by atoms with E-state index in [2.05, 4.69) is 6.92 Å². The highest BCUT2D eigenvalue weighted by molar-refractivity contribution is 5.80. The Hall–Kier alpha value is -0.860. The quantitative estimate of drug-likeness (QED) is 0.359. The van der Waals surface area contributed by atoms with Gasteiger partial charge in [-0.25, -0.2) is 0 Å². The predicted molar refractivity (Wildman–Crippen MR) is 91.9 cm³/mol. The number of carbonyl (C=O) groups is 2. The Labute approximate surface area is 136 Å². The van der Waals surface area contributed by atoms with Crippen LogP contribution in [0, 0.1) is 0 Å². The van der Waals surface area contributed by atoms with Crippen LogP contribution in [0.25, 0.3) is 0 Å². The lowest BCUT2D eigenvalue weighted by Crippen LogP contribution is -2.36. The number of hydrogen-bond acceptors (Lipinski definition) is 2. The summed E-state index contributed by atoms with van der Waals surface area (Å²) in [6, 6.07) is -0.139. The van der Waals surface area contributed by atoms with Gasteiger partial charge in [-0.05, 0) is 19.3 Å². The molecule has 0 aromatic heterocycles. The van der Waals surface area contributed by atoms with Gasteiger partial charge in [0.1, 0.15) is 6.29 Å². The Morgan fingerprint density at radius 1 is 0.955 bits per heavy atom. The molecule has 0 aromatic rings. The molecule has 0 bridgehead atoms. The molecule has 1 rings (SSSR count). The molecule has 1 saturated heterocycles. The fourth-order valence-electron chi connectivity index (χ4n) is 3.33. The molecule has 3 nitrogen and oxygen atoms in total. The second-order valence-electron chi connectivity index (χ2n) is 6.72. The van der Waals surface area contributed by atoms with Crippen molar-refractivity contribution in [2.45, 2.75) is 103 Å². The van der Waals surface area contributed by atoms with E-state index < -0.39 is 0 Å². The number of rotatable bonds is 13. The van der Waals surface area contributed by atoms with Gasteiger partial charge in [0, 0.05) is 13.0 Å². The average molecular weight is 309 g/mol. The summed E-state index contributed by atoms with van der Waals surface area (Å²) in [5.41, 5.74) is 0. The molecule has 0 saturated carbocycles. The van der Waals surface area contributed by atoms with Crippen molar-refractivity contribution in [1.82, 2.24) is 4.90 Å². The highest BCUT2D eigenvalue weighted by Gasteiger charge is 2.27. The molecule has 1 aliphatic heterocycles. The zero-order valence-corrected chi connectivity index (χ0v) is 14.5. The van der Waals surface area contributed by atoms with Crippen molar-refractivity contribution in [2.24, 2.45) is 0 Å². The van der Waals surface area contributed by atoms with Gasteiger partial charge in [-0.15, -0.1) is 0 Å². The summed E-state index contributed by atoms with van der Waals surface area (Å²) in [4.78, 5) is 24.7. The SMILES string of the molecule is CCCCCCCCCCCCCC(=O)N1CCCC1C=O.